The molecule has 100 valence electrons. The third-order valence-electron chi connectivity index (χ3n) is 3.14. The van der Waals surface area contributed by atoms with E-state index in [4.69, 9.17) is 5.73 Å². The summed E-state index contributed by atoms with van der Waals surface area (Å²) in [6, 6.07) is 0. The summed E-state index contributed by atoms with van der Waals surface area (Å²) in [6.07, 6.45) is 5.87. The molecule has 1 aliphatic heterocycles. The number of nitrogens with zero attached hydrogens (tertiary/aromatic N) is 4. The zero-order valence-electron chi connectivity index (χ0n) is 10.7. The van der Waals surface area contributed by atoms with Gasteiger partial charge in [-0.05, 0) is 25.9 Å². The molecule has 0 saturated carbocycles. The molecule has 1 aromatic rings. The highest BCUT2D eigenvalue weighted by Crippen LogP contribution is 2.19. The zero-order valence-corrected chi connectivity index (χ0v) is 11.5. The van der Waals surface area contributed by atoms with E-state index in [-0.39, 0.29) is 0 Å². The molecular weight excluding hydrogens is 246 g/mol. The Bertz CT molecular complexity index is 384. The van der Waals surface area contributed by atoms with E-state index in [0.717, 1.165) is 17.5 Å². The molecular formula is C12H21N5S. The van der Waals surface area contributed by atoms with Crippen LogP contribution in [0.1, 0.15) is 19.3 Å². The number of aromatic nitrogens is 3. The average Bonchev–Trinajstić information content (AvgIpc) is 2.73. The van der Waals surface area contributed by atoms with Crippen LogP contribution in [0.4, 0.5) is 5.95 Å². The molecule has 1 saturated heterocycles. The van der Waals surface area contributed by atoms with Crippen LogP contribution >= 0.6 is 11.8 Å². The SMILES string of the molecule is C=CCn1c(N)nnc1SCCN1CCCCC1. The second kappa shape index (κ2) is 6.80. The Morgan fingerprint density at radius 3 is 2.78 bits per heavy atom. The topological polar surface area (TPSA) is 60.0 Å². The first-order valence-corrected chi connectivity index (χ1v) is 7.44. The predicted octanol–water partition coefficient (Wildman–Crippen LogP) is 1.62. The largest absolute Gasteiger partial charge is 0.368 e. The maximum absolute atomic E-state index is 5.76. The monoisotopic (exact) mass is 267 g/mol. The van der Waals surface area contributed by atoms with Gasteiger partial charge in [-0.3, -0.25) is 4.57 Å². The van der Waals surface area contributed by atoms with Crippen molar-refractivity contribution in [2.45, 2.75) is 31.0 Å². The number of nitrogens with two attached hydrogens (primary N) is 1. The number of thioether (sulfide) groups is 1. The lowest BCUT2D eigenvalue weighted by molar-refractivity contribution is 0.242. The van der Waals surface area contributed by atoms with Crippen LogP contribution in [0.2, 0.25) is 0 Å². The minimum Gasteiger partial charge on any atom is -0.368 e. The molecule has 0 unspecified atom stereocenters. The molecule has 1 aliphatic rings. The van der Waals surface area contributed by atoms with Gasteiger partial charge in [0.1, 0.15) is 0 Å². The number of piperidine rings is 1. The maximum Gasteiger partial charge on any atom is 0.222 e. The van der Waals surface area contributed by atoms with Crippen molar-refractivity contribution in [3.8, 4) is 0 Å². The van der Waals surface area contributed by atoms with Crippen molar-refractivity contribution < 1.29 is 0 Å². The first-order valence-electron chi connectivity index (χ1n) is 6.46. The molecule has 0 aromatic carbocycles. The van der Waals surface area contributed by atoms with E-state index in [1.54, 1.807) is 11.8 Å². The van der Waals surface area contributed by atoms with E-state index in [2.05, 4.69) is 21.7 Å². The van der Waals surface area contributed by atoms with E-state index in [1.165, 1.54) is 32.4 Å². The Balaban J connectivity index is 1.80. The number of likely N-dealkylation sites (tertiary alicyclic amines) is 1. The summed E-state index contributed by atoms with van der Waals surface area (Å²) in [5.74, 6) is 1.50. The third kappa shape index (κ3) is 3.49. The summed E-state index contributed by atoms with van der Waals surface area (Å²) in [7, 11) is 0. The predicted molar refractivity (Wildman–Crippen MR) is 75.6 cm³/mol. The maximum atomic E-state index is 5.76. The van der Waals surface area contributed by atoms with Crippen molar-refractivity contribution in [2.75, 3.05) is 31.1 Å². The molecule has 0 aliphatic carbocycles. The normalized spacial score (nSPS) is 16.9. The van der Waals surface area contributed by atoms with Crippen molar-refractivity contribution >= 4 is 17.7 Å². The first kappa shape index (κ1) is 13.4. The molecule has 2 N–H and O–H groups in total. The second-order valence-electron chi connectivity index (χ2n) is 4.49. The highest BCUT2D eigenvalue weighted by molar-refractivity contribution is 7.99. The lowest BCUT2D eigenvalue weighted by atomic mass is 10.1. The Labute approximate surface area is 112 Å². The number of hydrogen-bond donors (Lipinski definition) is 1. The van der Waals surface area contributed by atoms with Crippen molar-refractivity contribution in [1.29, 1.82) is 0 Å². The van der Waals surface area contributed by atoms with Crippen molar-refractivity contribution in [2.24, 2.45) is 0 Å². The molecule has 2 heterocycles. The first-order chi connectivity index (χ1) is 8.81. The zero-order chi connectivity index (χ0) is 12.8. The van der Waals surface area contributed by atoms with Crippen molar-refractivity contribution in [1.82, 2.24) is 19.7 Å². The van der Waals surface area contributed by atoms with E-state index < -0.39 is 0 Å². The van der Waals surface area contributed by atoms with Gasteiger partial charge in [-0.15, -0.1) is 16.8 Å². The minimum absolute atomic E-state index is 0.468. The number of rotatable bonds is 6. The summed E-state index contributed by atoms with van der Waals surface area (Å²) in [4.78, 5) is 2.52. The lowest BCUT2D eigenvalue weighted by Gasteiger charge is -2.25. The van der Waals surface area contributed by atoms with E-state index in [1.807, 2.05) is 10.6 Å². The van der Waals surface area contributed by atoms with Crippen LogP contribution in [0, 0.1) is 0 Å². The van der Waals surface area contributed by atoms with Gasteiger partial charge in [0.15, 0.2) is 5.16 Å². The Hall–Kier alpha value is -1.01. The van der Waals surface area contributed by atoms with Crippen LogP contribution in [0.25, 0.3) is 0 Å². The Morgan fingerprint density at radius 2 is 2.06 bits per heavy atom. The molecule has 0 amide bonds. The van der Waals surface area contributed by atoms with Gasteiger partial charge in [0.05, 0.1) is 0 Å². The number of nitrogen functional groups attached to an aromatic ring is 1. The summed E-state index contributed by atoms with van der Waals surface area (Å²) >= 11 is 1.72. The quantitative estimate of drug-likeness (QED) is 0.627. The van der Waals surface area contributed by atoms with Gasteiger partial charge in [0.2, 0.25) is 5.95 Å². The summed E-state index contributed by atoms with van der Waals surface area (Å²) in [5, 5.41) is 8.90. The standard InChI is InChI=1S/C12H21N5S/c1-2-6-17-11(13)14-15-12(17)18-10-9-16-7-4-3-5-8-16/h2H,1,3-10H2,(H2,13,14). The molecule has 1 aromatic heterocycles. The molecule has 6 heteroatoms. The van der Waals surface area contributed by atoms with Crippen LogP contribution in [0.3, 0.4) is 0 Å². The summed E-state index contributed by atoms with van der Waals surface area (Å²) < 4.78 is 1.90. The van der Waals surface area contributed by atoms with E-state index in [0.29, 0.717) is 12.5 Å². The summed E-state index contributed by atoms with van der Waals surface area (Å²) in [6.45, 7) is 7.99. The molecule has 2 rings (SSSR count). The van der Waals surface area contributed by atoms with Gasteiger partial charge in [-0.25, -0.2) is 0 Å². The molecule has 0 atom stereocenters. The lowest BCUT2D eigenvalue weighted by Crippen LogP contribution is -2.31. The van der Waals surface area contributed by atoms with Crippen molar-refractivity contribution in [3.63, 3.8) is 0 Å². The Kier molecular flexibility index (Phi) is 5.07. The van der Waals surface area contributed by atoms with Crippen LogP contribution in [0.5, 0.6) is 0 Å². The van der Waals surface area contributed by atoms with Crippen molar-refractivity contribution in [3.05, 3.63) is 12.7 Å². The van der Waals surface area contributed by atoms with E-state index >= 15 is 0 Å². The number of allylic oxidation sites excluding steroid dienone is 1. The van der Waals surface area contributed by atoms with E-state index in [9.17, 15) is 0 Å². The van der Waals surface area contributed by atoms with Gasteiger partial charge >= 0.3 is 0 Å². The fourth-order valence-corrected chi connectivity index (χ4v) is 3.11. The van der Waals surface area contributed by atoms with Gasteiger partial charge in [-0.1, -0.05) is 24.3 Å². The van der Waals surface area contributed by atoms with Crippen LogP contribution in [-0.2, 0) is 6.54 Å². The fraction of sp³-hybridized carbons (Fsp3) is 0.667. The van der Waals surface area contributed by atoms with Gasteiger partial charge in [-0.2, -0.15) is 0 Å². The minimum atomic E-state index is 0.468. The van der Waals surface area contributed by atoms with Gasteiger partial charge < -0.3 is 10.6 Å². The van der Waals surface area contributed by atoms with Gasteiger partial charge in [0.25, 0.3) is 0 Å². The smallest absolute Gasteiger partial charge is 0.222 e. The fourth-order valence-electron chi connectivity index (χ4n) is 2.16. The molecule has 18 heavy (non-hydrogen) atoms. The Morgan fingerprint density at radius 1 is 1.28 bits per heavy atom. The molecule has 1 fully saturated rings. The average molecular weight is 267 g/mol. The molecule has 0 bridgehead atoms. The highest BCUT2D eigenvalue weighted by Gasteiger charge is 2.12. The van der Waals surface area contributed by atoms with Gasteiger partial charge in [0, 0.05) is 18.8 Å². The molecule has 5 nitrogen and oxygen atoms in total. The highest BCUT2D eigenvalue weighted by atomic mass is 32.2. The molecule has 0 spiro atoms. The van der Waals surface area contributed by atoms with Crippen LogP contribution in [0.15, 0.2) is 17.8 Å². The number of anilines is 1. The summed E-state index contributed by atoms with van der Waals surface area (Å²) in [5.41, 5.74) is 5.76. The third-order valence-corrected chi connectivity index (χ3v) is 4.09. The number of hydrogen-bond acceptors (Lipinski definition) is 5. The molecule has 0 radical (unpaired) electrons. The van der Waals surface area contributed by atoms with Crippen LogP contribution < -0.4 is 5.73 Å². The van der Waals surface area contributed by atoms with Crippen LogP contribution in [-0.4, -0.2) is 45.1 Å². The second-order valence-corrected chi connectivity index (χ2v) is 5.55.